The first kappa shape index (κ1) is 9.93. The smallest absolute Gasteiger partial charge is 0.304 e. The third-order valence-corrected chi connectivity index (χ3v) is 3.61. The lowest BCUT2D eigenvalue weighted by Crippen LogP contribution is -2.34. The van der Waals surface area contributed by atoms with Gasteiger partial charge < -0.3 is 10.3 Å². The van der Waals surface area contributed by atoms with Crippen molar-refractivity contribution in [1.29, 1.82) is 0 Å². The van der Waals surface area contributed by atoms with Crippen LogP contribution in [-0.4, -0.2) is 17.6 Å². The molecular weight excluding hydrogens is 196 g/mol. The first-order chi connectivity index (χ1) is 6.79. The van der Waals surface area contributed by atoms with Crippen LogP contribution in [0, 0.1) is 0 Å². The molecule has 2 N–H and O–H groups in total. The number of aromatic nitrogens is 1. The van der Waals surface area contributed by atoms with E-state index in [1.54, 1.807) is 0 Å². The van der Waals surface area contributed by atoms with Gasteiger partial charge in [0.05, 0.1) is 0 Å². The Morgan fingerprint density at radius 1 is 1.64 bits per heavy atom. The van der Waals surface area contributed by atoms with E-state index in [0.717, 1.165) is 25.8 Å². The van der Waals surface area contributed by atoms with Gasteiger partial charge in [0.1, 0.15) is 0 Å². The van der Waals surface area contributed by atoms with Gasteiger partial charge in [-0.15, -0.1) is 0 Å². The number of H-pyrrole nitrogens is 1. The fourth-order valence-electron chi connectivity index (χ4n) is 1.93. The number of aryl methyl sites for hydroxylation is 1. The summed E-state index contributed by atoms with van der Waals surface area (Å²) in [5.74, 6) is 0. The van der Waals surface area contributed by atoms with Gasteiger partial charge in [0, 0.05) is 16.6 Å². The van der Waals surface area contributed by atoms with Crippen LogP contribution < -0.4 is 10.2 Å². The normalized spacial score (nSPS) is 20.8. The Labute approximate surface area is 87.6 Å². The van der Waals surface area contributed by atoms with E-state index in [2.05, 4.69) is 17.2 Å². The summed E-state index contributed by atoms with van der Waals surface area (Å²) in [6.07, 6.45) is 4.38. The predicted molar refractivity (Wildman–Crippen MR) is 59.0 cm³/mol. The van der Waals surface area contributed by atoms with E-state index in [4.69, 9.17) is 0 Å². The van der Waals surface area contributed by atoms with Crippen LogP contribution in [-0.2, 0) is 12.8 Å². The van der Waals surface area contributed by atoms with Gasteiger partial charge in [0.2, 0.25) is 0 Å². The van der Waals surface area contributed by atoms with E-state index in [1.807, 2.05) is 0 Å². The Morgan fingerprint density at radius 3 is 3.29 bits per heavy atom. The van der Waals surface area contributed by atoms with Gasteiger partial charge in [-0.3, -0.25) is 4.79 Å². The highest BCUT2D eigenvalue weighted by molar-refractivity contribution is 7.09. The van der Waals surface area contributed by atoms with Crippen LogP contribution in [0.5, 0.6) is 0 Å². The second-order valence-corrected chi connectivity index (χ2v) is 4.88. The van der Waals surface area contributed by atoms with Crippen molar-refractivity contribution in [3.8, 4) is 0 Å². The molecule has 1 heterocycles. The van der Waals surface area contributed by atoms with E-state index in [0.29, 0.717) is 6.04 Å². The van der Waals surface area contributed by atoms with Crippen LogP contribution in [0.25, 0.3) is 0 Å². The van der Waals surface area contributed by atoms with E-state index in [9.17, 15) is 4.79 Å². The number of hydrogen-bond acceptors (Lipinski definition) is 3. The summed E-state index contributed by atoms with van der Waals surface area (Å²) < 4.78 is 0. The molecule has 0 saturated heterocycles. The highest BCUT2D eigenvalue weighted by Crippen LogP contribution is 2.21. The van der Waals surface area contributed by atoms with Crippen molar-refractivity contribution in [1.82, 2.24) is 10.3 Å². The predicted octanol–water partition coefficient (Wildman–Crippen LogP) is 1.29. The summed E-state index contributed by atoms with van der Waals surface area (Å²) in [5, 5.41) is 3.51. The zero-order valence-corrected chi connectivity index (χ0v) is 9.25. The van der Waals surface area contributed by atoms with Crippen LogP contribution in [0.15, 0.2) is 4.79 Å². The second kappa shape index (κ2) is 4.28. The molecule has 0 bridgehead atoms. The summed E-state index contributed by atoms with van der Waals surface area (Å²) in [6, 6.07) is 0.578. The quantitative estimate of drug-likeness (QED) is 0.793. The molecular formula is C10H16N2OS. The summed E-state index contributed by atoms with van der Waals surface area (Å²) in [5.41, 5.74) is 1.18. The number of fused-ring (bicyclic) bond motifs is 1. The standard InChI is InChI=1S/C10H16N2OS/c1-2-5-11-7-3-4-8-9(6-7)14-10(13)12-8/h7,11H,2-6H2,1H3,(H,12,13). The van der Waals surface area contributed by atoms with Crippen LogP contribution >= 0.6 is 11.3 Å². The molecule has 0 amide bonds. The minimum atomic E-state index is 0.103. The van der Waals surface area contributed by atoms with Crippen LogP contribution in [0.3, 0.4) is 0 Å². The van der Waals surface area contributed by atoms with E-state index in [1.165, 1.54) is 28.3 Å². The maximum absolute atomic E-state index is 11.1. The van der Waals surface area contributed by atoms with Crippen LogP contribution in [0.2, 0.25) is 0 Å². The van der Waals surface area contributed by atoms with Gasteiger partial charge in [-0.25, -0.2) is 0 Å². The Morgan fingerprint density at radius 2 is 2.50 bits per heavy atom. The van der Waals surface area contributed by atoms with Gasteiger partial charge in [0.25, 0.3) is 0 Å². The molecule has 3 nitrogen and oxygen atoms in total. The van der Waals surface area contributed by atoms with E-state index < -0.39 is 0 Å². The zero-order valence-electron chi connectivity index (χ0n) is 8.43. The highest BCUT2D eigenvalue weighted by Gasteiger charge is 2.20. The summed E-state index contributed by atoms with van der Waals surface area (Å²) in [4.78, 5) is 15.4. The molecule has 14 heavy (non-hydrogen) atoms. The number of aromatic amines is 1. The van der Waals surface area contributed by atoms with Crippen molar-refractivity contribution in [2.24, 2.45) is 0 Å². The third-order valence-electron chi connectivity index (χ3n) is 2.66. The van der Waals surface area contributed by atoms with Crippen molar-refractivity contribution in [3.63, 3.8) is 0 Å². The van der Waals surface area contributed by atoms with Crippen molar-refractivity contribution < 1.29 is 0 Å². The molecule has 1 aromatic rings. The van der Waals surface area contributed by atoms with Gasteiger partial charge in [0.15, 0.2) is 0 Å². The Bertz CT molecular complexity index is 355. The minimum absolute atomic E-state index is 0.103. The first-order valence-electron chi connectivity index (χ1n) is 5.24. The average Bonchev–Trinajstić information content (AvgIpc) is 2.54. The number of thiazole rings is 1. The summed E-state index contributed by atoms with van der Waals surface area (Å²) in [6.45, 7) is 3.26. The largest absolute Gasteiger partial charge is 0.316 e. The number of hydrogen-bond donors (Lipinski definition) is 2. The number of rotatable bonds is 3. The molecule has 0 radical (unpaired) electrons. The SMILES string of the molecule is CCCNC1CCc2[nH]c(=O)sc2C1. The molecule has 0 fully saturated rings. The third kappa shape index (κ3) is 2.07. The number of nitrogens with one attached hydrogen (secondary N) is 2. The minimum Gasteiger partial charge on any atom is -0.316 e. The lowest BCUT2D eigenvalue weighted by atomic mass is 9.98. The van der Waals surface area contributed by atoms with Gasteiger partial charge in [-0.05, 0) is 32.2 Å². The molecule has 0 spiro atoms. The first-order valence-corrected chi connectivity index (χ1v) is 6.05. The molecule has 2 rings (SSSR count). The summed E-state index contributed by atoms with van der Waals surface area (Å²) in [7, 11) is 0. The molecule has 78 valence electrons. The molecule has 0 saturated carbocycles. The lowest BCUT2D eigenvalue weighted by Gasteiger charge is -2.22. The van der Waals surface area contributed by atoms with E-state index >= 15 is 0 Å². The van der Waals surface area contributed by atoms with Crippen molar-refractivity contribution >= 4 is 11.3 Å². The van der Waals surface area contributed by atoms with Crippen molar-refractivity contribution in [2.45, 2.75) is 38.6 Å². The van der Waals surface area contributed by atoms with Gasteiger partial charge >= 0.3 is 4.87 Å². The maximum atomic E-state index is 11.1. The average molecular weight is 212 g/mol. The molecule has 1 unspecified atom stereocenters. The van der Waals surface area contributed by atoms with Crippen LogP contribution in [0.4, 0.5) is 0 Å². The summed E-state index contributed by atoms with van der Waals surface area (Å²) >= 11 is 1.38. The Kier molecular flexibility index (Phi) is 3.03. The molecule has 0 aromatic carbocycles. The van der Waals surface area contributed by atoms with Crippen LogP contribution in [0.1, 0.15) is 30.3 Å². The Hall–Kier alpha value is -0.610. The molecule has 1 aliphatic rings. The van der Waals surface area contributed by atoms with Gasteiger partial charge in [-0.2, -0.15) is 0 Å². The maximum Gasteiger partial charge on any atom is 0.304 e. The molecule has 1 aromatic heterocycles. The highest BCUT2D eigenvalue weighted by atomic mass is 32.1. The molecule has 0 aliphatic heterocycles. The van der Waals surface area contributed by atoms with E-state index in [-0.39, 0.29) is 4.87 Å². The molecule has 1 atom stereocenters. The molecule has 4 heteroatoms. The second-order valence-electron chi connectivity index (χ2n) is 3.81. The zero-order chi connectivity index (χ0) is 9.97. The van der Waals surface area contributed by atoms with Gasteiger partial charge in [-0.1, -0.05) is 18.3 Å². The lowest BCUT2D eigenvalue weighted by molar-refractivity contribution is 0.459. The monoisotopic (exact) mass is 212 g/mol. The fourth-order valence-corrected chi connectivity index (χ4v) is 2.88. The van der Waals surface area contributed by atoms with Crippen molar-refractivity contribution in [3.05, 3.63) is 20.2 Å². The fraction of sp³-hybridized carbons (Fsp3) is 0.700. The Balaban J connectivity index is 2.02. The topological polar surface area (TPSA) is 44.9 Å². The molecule has 1 aliphatic carbocycles. The van der Waals surface area contributed by atoms with Crippen molar-refractivity contribution in [2.75, 3.05) is 6.54 Å².